The zero-order valence-corrected chi connectivity index (χ0v) is 8.82. The summed E-state index contributed by atoms with van der Waals surface area (Å²) in [5.41, 5.74) is 0. The van der Waals surface area contributed by atoms with Crippen molar-refractivity contribution in [3.05, 3.63) is 0 Å². The van der Waals surface area contributed by atoms with Crippen LogP contribution in [0.1, 0.15) is 12.8 Å². The zero-order valence-electron chi connectivity index (χ0n) is 8.82. The Kier molecular flexibility index (Phi) is 3.41. The molecule has 2 fully saturated rings. The van der Waals surface area contributed by atoms with E-state index < -0.39 is 6.67 Å². The lowest BCUT2D eigenvalue weighted by Crippen LogP contribution is -2.50. The molecule has 0 N–H and O–H groups in total. The number of carbonyl (C=O) groups is 1. The van der Waals surface area contributed by atoms with Crippen LogP contribution in [0, 0.1) is 0 Å². The Morgan fingerprint density at radius 3 is 2.73 bits per heavy atom. The Morgan fingerprint density at radius 2 is 2.07 bits per heavy atom. The maximum Gasteiger partial charge on any atom is 0.320 e. The first kappa shape index (κ1) is 10.7. The van der Waals surface area contributed by atoms with Crippen molar-refractivity contribution < 1.29 is 13.9 Å². The van der Waals surface area contributed by atoms with E-state index in [1.54, 1.807) is 9.80 Å². The van der Waals surface area contributed by atoms with Gasteiger partial charge in [0.2, 0.25) is 0 Å². The number of nitrogens with zero attached hydrogens (tertiary/aromatic N) is 2. The van der Waals surface area contributed by atoms with E-state index in [-0.39, 0.29) is 12.1 Å². The van der Waals surface area contributed by atoms with Crippen LogP contribution in [0.4, 0.5) is 9.18 Å². The number of carbonyl (C=O) groups excluding carboxylic acids is 1. The smallest absolute Gasteiger partial charge is 0.320 e. The molecule has 5 heteroatoms. The zero-order chi connectivity index (χ0) is 10.7. The molecule has 2 aliphatic rings. The average Bonchev–Trinajstić information content (AvgIpc) is 2.77. The number of rotatable bonds is 1. The van der Waals surface area contributed by atoms with Crippen molar-refractivity contribution in [3.63, 3.8) is 0 Å². The van der Waals surface area contributed by atoms with Gasteiger partial charge in [0.1, 0.15) is 6.67 Å². The van der Waals surface area contributed by atoms with Crippen molar-refractivity contribution in [3.8, 4) is 0 Å². The third kappa shape index (κ3) is 2.22. The van der Waals surface area contributed by atoms with Crippen molar-refractivity contribution in [2.75, 3.05) is 39.5 Å². The first-order valence-electron chi connectivity index (χ1n) is 5.52. The molecule has 0 aromatic heterocycles. The van der Waals surface area contributed by atoms with Crippen LogP contribution in [0.5, 0.6) is 0 Å². The normalized spacial score (nSPS) is 27.1. The first-order chi connectivity index (χ1) is 7.33. The molecule has 1 atom stereocenters. The lowest BCUT2D eigenvalue weighted by atomic mass is 10.2. The highest BCUT2D eigenvalue weighted by Crippen LogP contribution is 2.19. The average molecular weight is 216 g/mol. The summed E-state index contributed by atoms with van der Waals surface area (Å²) in [6.45, 7) is 2.74. The van der Waals surface area contributed by atoms with Gasteiger partial charge in [-0.3, -0.25) is 0 Å². The van der Waals surface area contributed by atoms with E-state index in [1.807, 2.05) is 0 Å². The van der Waals surface area contributed by atoms with E-state index in [4.69, 9.17) is 4.74 Å². The molecule has 4 nitrogen and oxygen atoms in total. The Balaban J connectivity index is 1.93. The minimum atomic E-state index is -0.421. The number of amides is 2. The predicted octanol–water partition coefficient (Wildman–Crippen LogP) is 0.872. The summed E-state index contributed by atoms with van der Waals surface area (Å²) in [4.78, 5) is 15.4. The van der Waals surface area contributed by atoms with Gasteiger partial charge in [-0.15, -0.1) is 0 Å². The molecule has 15 heavy (non-hydrogen) atoms. The van der Waals surface area contributed by atoms with Gasteiger partial charge in [0.05, 0.1) is 19.3 Å². The molecular weight excluding hydrogens is 199 g/mol. The first-order valence-corrected chi connectivity index (χ1v) is 5.52. The molecule has 0 unspecified atom stereocenters. The SMILES string of the molecule is O=C(N1CCOCC1)N1CCC[C@H]1CF. The molecular formula is C10H17FN2O2. The molecule has 2 saturated heterocycles. The topological polar surface area (TPSA) is 32.8 Å². The molecule has 0 aromatic rings. The van der Waals surface area contributed by atoms with E-state index in [1.165, 1.54) is 0 Å². The molecule has 2 aliphatic heterocycles. The Hall–Kier alpha value is -0.840. The van der Waals surface area contributed by atoms with Gasteiger partial charge in [0, 0.05) is 19.6 Å². The van der Waals surface area contributed by atoms with Gasteiger partial charge in [-0.2, -0.15) is 0 Å². The summed E-state index contributed by atoms with van der Waals surface area (Å²) in [5.74, 6) is 0. The van der Waals surface area contributed by atoms with Crippen LogP contribution in [0.25, 0.3) is 0 Å². The van der Waals surface area contributed by atoms with Gasteiger partial charge in [-0.25, -0.2) is 9.18 Å². The van der Waals surface area contributed by atoms with Gasteiger partial charge >= 0.3 is 6.03 Å². The van der Waals surface area contributed by atoms with E-state index in [9.17, 15) is 9.18 Å². The number of morpholine rings is 1. The summed E-state index contributed by atoms with van der Waals surface area (Å²) in [6.07, 6.45) is 1.72. The standard InChI is InChI=1S/C10H17FN2O2/c11-8-9-2-1-3-13(9)10(14)12-4-6-15-7-5-12/h9H,1-8H2/t9-/m0/s1. The molecule has 2 heterocycles. The monoisotopic (exact) mass is 216 g/mol. The van der Waals surface area contributed by atoms with Crippen LogP contribution < -0.4 is 0 Å². The van der Waals surface area contributed by atoms with Gasteiger partial charge in [-0.05, 0) is 12.8 Å². The molecule has 2 rings (SSSR count). The second kappa shape index (κ2) is 4.79. The lowest BCUT2D eigenvalue weighted by Gasteiger charge is -2.33. The second-order valence-corrected chi connectivity index (χ2v) is 4.03. The highest BCUT2D eigenvalue weighted by Gasteiger charge is 2.32. The fraction of sp³-hybridized carbons (Fsp3) is 0.900. The van der Waals surface area contributed by atoms with Crippen molar-refractivity contribution in [1.29, 1.82) is 0 Å². The van der Waals surface area contributed by atoms with Crippen LogP contribution in [-0.4, -0.2) is 61.4 Å². The number of ether oxygens (including phenoxy) is 1. The molecule has 0 bridgehead atoms. The summed E-state index contributed by atoms with van der Waals surface area (Å²) >= 11 is 0. The number of halogens is 1. The van der Waals surface area contributed by atoms with Crippen molar-refractivity contribution in [2.24, 2.45) is 0 Å². The number of hydrogen-bond acceptors (Lipinski definition) is 2. The summed E-state index contributed by atoms with van der Waals surface area (Å²) < 4.78 is 17.8. The second-order valence-electron chi connectivity index (χ2n) is 4.03. The van der Waals surface area contributed by atoms with Crippen molar-refractivity contribution in [1.82, 2.24) is 9.80 Å². The quantitative estimate of drug-likeness (QED) is 0.651. The number of likely N-dealkylation sites (tertiary alicyclic amines) is 1. The predicted molar refractivity (Wildman–Crippen MR) is 53.5 cm³/mol. The number of alkyl halides is 1. The third-order valence-corrected chi connectivity index (χ3v) is 3.08. The van der Waals surface area contributed by atoms with Gasteiger partial charge in [-0.1, -0.05) is 0 Å². The Morgan fingerprint density at radius 1 is 1.33 bits per heavy atom. The van der Waals surface area contributed by atoms with Crippen LogP contribution in [0.2, 0.25) is 0 Å². The van der Waals surface area contributed by atoms with Crippen LogP contribution in [-0.2, 0) is 4.74 Å². The molecule has 0 aliphatic carbocycles. The van der Waals surface area contributed by atoms with Gasteiger partial charge < -0.3 is 14.5 Å². The molecule has 0 radical (unpaired) electrons. The van der Waals surface area contributed by atoms with E-state index >= 15 is 0 Å². The Labute approximate surface area is 89.0 Å². The minimum Gasteiger partial charge on any atom is -0.378 e. The van der Waals surface area contributed by atoms with Crippen molar-refractivity contribution in [2.45, 2.75) is 18.9 Å². The fourth-order valence-electron chi connectivity index (χ4n) is 2.18. The summed E-state index contributed by atoms with van der Waals surface area (Å²) in [5, 5.41) is 0. The molecule has 0 aromatic carbocycles. The highest BCUT2D eigenvalue weighted by atomic mass is 19.1. The number of hydrogen-bond donors (Lipinski definition) is 0. The largest absolute Gasteiger partial charge is 0.378 e. The van der Waals surface area contributed by atoms with Crippen LogP contribution in [0.3, 0.4) is 0 Å². The third-order valence-electron chi connectivity index (χ3n) is 3.08. The van der Waals surface area contributed by atoms with Crippen molar-refractivity contribution >= 4 is 6.03 Å². The molecule has 0 saturated carbocycles. The van der Waals surface area contributed by atoms with E-state index in [2.05, 4.69) is 0 Å². The maximum absolute atomic E-state index is 12.6. The Bertz CT molecular complexity index is 231. The van der Waals surface area contributed by atoms with Crippen LogP contribution in [0.15, 0.2) is 0 Å². The summed E-state index contributed by atoms with van der Waals surface area (Å²) in [6, 6.07) is -0.209. The molecule has 0 spiro atoms. The fourth-order valence-corrected chi connectivity index (χ4v) is 2.18. The molecule has 86 valence electrons. The highest BCUT2D eigenvalue weighted by molar-refractivity contribution is 5.75. The van der Waals surface area contributed by atoms with Gasteiger partial charge in [0.25, 0.3) is 0 Å². The van der Waals surface area contributed by atoms with E-state index in [0.717, 1.165) is 12.8 Å². The lowest BCUT2D eigenvalue weighted by molar-refractivity contribution is 0.0413. The maximum atomic E-state index is 12.6. The minimum absolute atomic E-state index is 0.0153. The summed E-state index contributed by atoms with van der Waals surface area (Å²) in [7, 11) is 0. The molecule has 2 amide bonds. The van der Waals surface area contributed by atoms with Gasteiger partial charge in [0.15, 0.2) is 0 Å². The van der Waals surface area contributed by atoms with E-state index in [0.29, 0.717) is 32.8 Å². The number of urea groups is 1. The van der Waals surface area contributed by atoms with Crippen LogP contribution >= 0.6 is 0 Å².